The lowest BCUT2D eigenvalue weighted by Crippen LogP contribution is -2.49. The van der Waals surface area contributed by atoms with Gasteiger partial charge in [-0.25, -0.2) is 0 Å². The number of ether oxygens (including phenoxy) is 1. The second kappa shape index (κ2) is 5.43. The average molecular weight is 259 g/mol. The van der Waals surface area contributed by atoms with E-state index in [4.69, 9.17) is 4.74 Å². The predicted molar refractivity (Wildman–Crippen MR) is 73.9 cm³/mol. The number of hydrogen-bond acceptors (Lipinski definition) is 3. The first-order valence-electron chi connectivity index (χ1n) is 7.18. The fraction of sp³-hybridized carbons (Fsp3) is 0.562. The molecule has 0 radical (unpaired) electrons. The van der Waals surface area contributed by atoms with Crippen molar-refractivity contribution in [2.75, 3.05) is 19.7 Å². The molecule has 0 amide bonds. The van der Waals surface area contributed by atoms with Crippen LogP contribution in [0.4, 0.5) is 0 Å². The van der Waals surface area contributed by atoms with E-state index in [0.29, 0.717) is 25.2 Å². The molecule has 0 bridgehead atoms. The highest BCUT2D eigenvalue weighted by Crippen LogP contribution is 2.33. The van der Waals surface area contributed by atoms with Gasteiger partial charge in [-0.2, -0.15) is 0 Å². The molecule has 1 aromatic rings. The summed E-state index contributed by atoms with van der Waals surface area (Å²) in [6.45, 7) is 3.69. The minimum atomic E-state index is -0.136. The first kappa shape index (κ1) is 12.8. The highest BCUT2D eigenvalue weighted by molar-refractivity contribution is 5.80. The molecule has 3 nitrogen and oxygen atoms in total. The van der Waals surface area contributed by atoms with Gasteiger partial charge in [-0.1, -0.05) is 30.3 Å². The zero-order chi connectivity index (χ0) is 13.1. The molecule has 2 aliphatic rings. The van der Waals surface area contributed by atoms with Crippen LogP contribution < -0.4 is 0 Å². The normalized spacial score (nSPS) is 23.7. The molecule has 1 spiro atoms. The molecular weight excluding hydrogens is 238 g/mol. The Labute approximate surface area is 114 Å². The summed E-state index contributed by atoms with van der Waals surface area (Å²) in [5, 5.41) is 0. The summed E-state index contributed by atoms with van der Waals surface area (Å²) < 4.78 is 5.93. The molecule has 2 fully saturated rings. The van der Waals surface area contributed by atoms with Crippen molar-refractivity contribution in [2.24, 2.45) is 0 Å². The number of carbonyl (C=O) groups is 1. The summed E-state index contributed by atoms with van der Waals surface area (Å²) in [7, 11) is 0. The van der Waals surface area contributed by atoms with Crippen LogP contribution in [0.1, 0.15) is 31.2 Å². The van der Waals surface area contributed by atoms with Crippen LogP contribution in [0.5, 0.6) is 0 Å². The van der Waals surface area contributed by atoms with Gasteiger partial charge in [-0.3, -0.25) is 9.69 Å². The molecule has 0 unspecified atom stereocenters. The Morgan fingerprint density at radius 1 is 1.16 bits per heavy atom. The molecule has 2 aliphatic heterocycles. The van der Waals surface area contributed by atoms with Crippen molar-refractivity contribution in [2.45, 2.75) is 37.8 Å². The molecule has 1 aromatic carbocycles. The number of piperidine rings is 1. The molecule has 3 rings (SSSR count). The highest BCUT2D eigenvalue weighted by atomic mass is 16.5. The number of carbonyl (C=O) groups excluding carboxylic acids is 1. The van der Waals surface area contributed by atoms with E-state index in [2.05, 4.69) is 35.2 Å². The maximum Gasteiger partial charge on any atom is 0.138 e. The molecule has 2 saturated heterocycles. The van der Waals surface area contributed by atoms with Gasteiger partial charge in [0, 0.05) is 32.5 Å². The number of nitrogens with zero attached hydrogens (tertiary/aromatic N) is 1. The summed E-state index contributed by atoms with van der Waals surface area (Å²) >= 11 is 0. The molecule has 0 N–H and O–H groups in total. The third-order valence-electron chi connectivity index (χ3n) is 4.32. The number of likely N-dealkylation sites (tertiary alicyclic amines) is 1. The van der Waals surface area contributed by atoms with Crippen LogP contribution in [0, 0.1) is 0 Å². The van der Waals surface area contributed by atoms with Crippen molar-refractivity contribution >= 4 is 5.78 Å². The summed E-state index contributed by atoms with van der Waals surface area (Å²) in [5.41, 5.74) is 1.22. The molecule has 0 saturated carbocycles. The average Bonchev–Trinajstić information content (AvgIpc) is 2.43. The van der Waals surface area contributed by atoms with Gasteiger partial charge in [0.15, 0.2) is 0 Å². The zero-order valence-electron chi connectivity index (χ0n) is 11.3. The van der Waals surface area contributed by atoms with Crippen LogP contribution in [0.3, 0.4) is 0 Å². The van der Waals surface area contributed by atoms with Crippen LogP contribution in [-0.4, -0.2) is 36.0 Å². The molecule has 2 heterocycles. The fourth-order valence-corrected chi connectivity index (χ4v) is 3.16. The van der Waals surface area contributed by atoms with Crippen LogP contribution >= 0.6 is 0 Å². The van der Waals surface area contributed by atoms with E-state index >= 15 is 0 Å². The van der Waals surface area contributed by atoms with Crippen molar-refractivity contribution in [1.82, 2.24) is 4.90 Å². The van der Waals surface area contributed by atoms with Gasteiger partial charge in [0.05, 0.1) is 12.2 Å². The molecule has 0 atom stereocenters. The van der Waals surface area contributed by atoms with Crippen molar-refractivity contribution in [3.8, 4) is 0 Å². The number of benzene rings is 1. The second-order valence-corrected chi connectivity index (χ2v) is 5.76. The van der Waals surface area contributed by atoms with E-state index in [1.165, 1.54) is 5.56 Å². The predicted octanol–water partition coefficient (Wildman–Crippen LogP) is 2.40. The lowest BCUT2D eigenvalue weighted by Gasteiger charge is -2.43. The van der Waals surface area contributed by atoms with Gasteiger partial charge in [0.2, 0.25) is 0 Å². The van der Waals surface area contributed by atoms with E-state index in [1.54, 1.807) is 0 Å². The van der Waals surface area contributed by atoms with Gasteiger partial charge in [0.1, 0.15) is 5.78 Å². The van der Waals surface area contributed by atoms with Gasteiger partial charge in [0.25, 0.3) is 0 Å². The van der Waals surface area contributed by atoms with Crippen LogP contribution in [0.25, 0.3) is 0 Å². The minimum Gasteiger partial charge on any atom is -0.374 e. The lowest BCUT2D eigenvalue weighted by atomic mass is 9.84. The SMILES string of the molecule is O=C1CCOC2(CCN(Cc3ccccc3)CC2)C1. The Bertz CT molecular complexity index is 435. The first-order valence-corrected chi connectivity index (χ1v) is 7.18. The van der Waals surface area contributed by atoms with Gasteiger partial charge >= 0.3 is 0 Å². The first-order chi connectivity index (χ1) is 9.26. The number of ketones is 1. The van der Waals surface area contributed by atoms with E-state index in [0.717, 1.165) is 32.5 Å². The molecule has 102 valence electrons. The number of rotatable bonds is 2. The summed E-state index contributed by atoms with van der Waals surface area (Å²) in [5.74, 6) is 0.378. The van der Waals surface area contributed by atoms with Crippen LogP contribution in [0.15, 0.2) is 30.3 Å². The monoisotopic (exact) mass is 259 g/mol. The third-order valence-corrected chi connectivity index (χ3v) is 4.32. The minimum absolute atomic E-state index is 0.136. The quantitative estimate of drug-likeness (QED) is 0.817. The lowest BCUT2D eigenvalue weighted by molar-refractivity contribution is -0.147. The maximum absolute atomic E-state index is 11.6. The smallest absolute Gasteiger partial charge is 0.138 e. The van der Waals surface area contributed by atoms with Gasteiger partial charge in [-0.15, -0.1) is 0 Å². The van der Waals surface area contributed by atoms with Crippen molar-refractivity contribution in [1.29, 1.82) is 0 Å². The van der Waals surface area contributed by atoms with E-state index in [9.17, 15) is 4.79 Å². The van der Waals surface area contributed by atoms with Gasteiger partial charge < -0.3 is 4.74 Å². The largest absolute Gasteiger partial charge is 0.374 e. The third kappa shape index (κ3) is 3.04. The summed E-state index contributed by atoms with van der Waals surface area (Å²) in [6, 6.07) is 10.6. The van der Waals surface area contributed by atoms with Crippen LogP contribution in [-0.2, 0) is 16.1 Å². The van der Waals surface area contributed by atoms with Crippen molar-refractivity contribution in [3.63, 3.8) is 0 Å². The summed E-state index contributed by atoms with van der Waals surface area (Å²) in [4.78, 5) is 14.1. The Morgan fingerprint density at radius 3 is 2.58 bits per heavy atom. The van der Waals surface area contributed by atoms with E-state index < -0.39 is 0 Å². The van der Waals surface area contributed by atoms with Gasteiger partial charge in [-0.05, 0) is 18.4 Å². The zero-order valence-corrected chi connectivity index (χ0v) is 11.3. The number of Topliss-reactive ketones (excluding diaryl/α,β-unsaturated/α-hetero) is 1. The molecule has 19 heavy (non-hydrogen) atoms. The Kier molecular flexibility index (Phi) is 3.67. The molecular formula is C16H21NO2. The second-order valence-electron chi connectivity index (χ2n) is 5.76. The Morgan fingerprint density at radius 2 is 1.89 bits per heavy atom. The maximum atomic E-state index is 11.6. The van der Waals surface area contributed by atoms with E-state index in [1.807, 2.05) is 0 Å². The standard InChI is InChI=1S/C16H21NO2/c18-15-6-11-19-16(12-15)7-9-17(10-8-16)13-14-4-2-1-3-5-14/h1-5H,6-13H2. The van der Waals surface area contributed by atoms with Crippen molar-refractivity contribution in [3.05, 3.63) is 35.9 Å². The Hall–Kier alpha value is -1.19. The van der Waals surface area contributed by atoms with Crippen molar-refractivity contribution < 1.29 is 9.53 Å². The summed E-state index contributed by atoms with van der Waals surface area (Å²) in [6.07, 6.45) is 3.22. The fourth-order valence-electron chi connectivity index (χ4n) is 3.16. The number of hydrogen-bond donors (Lipinski definition) is 0. The Balaban J connectivity index is 1.56. The molecule has 3 heteroatoms. The molecule has 0 aromatic heterocycles. The highest BCUT2D eigenvalue weighted by Gasteiger charge is 2.39. The molecule has 0 aliphatic carbocycles. The van der Waals surface area contributed by atoms with E-state index in [-0.39, 0.29) is 5.60 Å². The topological polar surface area (TPSA) is 29.5 Å². The van der Waals surface area contributed by atoms with Crippen LogP contribution in [0.2, 0.25) is 0 Å².